The minimum atomic E-state index is 0.218. The Balaban J connectivity index is 4.10. The molecule has 2 unspecified atom stereocenters. The summed E-state index contributed by atoms with van der Waals surface area (Å²) in [5, 5.41) is 0. The molecule has 2 atom stereocenters. The fraction of sp³-hybridized carbons (Fsp3) is 1.00. The van der Waals surface area contributed by atoms with E-state index < -0.39 is 0 Å². The molecule has 0 aliphatic rings. The Labute approximate surface area is 75.1 Å². The molecule has 0 heterocycles. The summed E-state index contributed by atoms with van der Waals surface area (Å²) in [5.41, 5.74) is 6.10. The maximum atomic E-state index is 6.10. The van der Waals surface area contributed by atoms with Gasteiger partial charge in [-0.2, -0.15) is 11.8 Å². The molecule has 0 aromatic carbocycles. The molecule has 0 aliphatic heterocycles. The highest BCUT2D eigenvalue weighted by atomic mass is 32.2. The number of hydrogen-bond acceptors (Lipinski definition) is 2. The minimum Gasteiger partial charge on any atom is -0.326 e. The number of hydrogen-bond donors (Lipinski definition) is 1. The van der Waals surface area contributed by atoms with E-state index in [1.807, 2.05) is 11.8 Å². The van der Waals surface area contributed by atoms with Gasteiger partial charge >= 0.3 is 0 Å². The molecule has 0 amide bonds. The maximum absolute atomic E-state index is 6.10. The minimum absolute atomic E-state index is 0.218. The largest absolute Gasteiger partial charge is 0.326 e. The van der Waals surface area contributed by atoms with Crippen LogP contribution in [-0.4, -0.2) is 17.0 Å². The molecule has 0 aromatic heterocycles. The molecule has 11 heavy (non-hydrogen) atoms. The van der Waals surface area contributed by atoms with Crippen molar-refractivity contribution in [3.05, 3.63) is 0 Å². The summed E-state index contributed by atoms with van der Waals surface area (Å²) in [6.07, 6.45) is 3.30. The maximum Gasteiger partial charge on any atom is 0.0254 e. The van der Waals surface area contributed by atoms with Crippen LogP contribution in [0.2, 0.25) is 0 Å². The predicted molar refractivity (Wildman–Crippen MR) is 55.0 cm³/mol. The van der Waals surface area contributed by atoms with Crippen molar-refractivity contribution >= 4 is 11.8 Å². The zero-order valence-electron chi connectivity index (χ0n) is 8.35. The van der Waals surface area contributed by atoms with Crippen LogP contribution in [0, 0.1) is 5.92 Å². The molecular weight excluding hydrogens is 154 g/mol. The van der Waals surface area contributed by atoms with E-state index in [1.54, 1.807) is 0 Å². The van der Waals surface area contributed by atoms with Crippen LogP contribution in [-0.2, 0) is 0 Å². The van der Waals surface area contributed by atoms with E-state index in [4.69, 9.17) is 5.73 Å². The van der Waals surface area contributed by atoms with Gasteiger partial charge in [-0.15, -0.1) is 0 Å². The van der Waals surface area contributed by atoms with Crippen molar-refractivity contribution in [1.82, 2.24) is 0 Å². The first kappa shape index (κ1) is 11.3. The van der Waals surface area contributed by atoms with Crippen LogP contribution in [0.25, 0.3) is 0 Å². The first-order valence-corrected chi connectivity index (χ1v) is 5.49. The van der Waals surface area contributed by atoms with Crippen LogP contribution in [0.4, 0.5) is 0 Å². The second kappa shape index (κ2) is 4.36. The third-order valence-corrected chi connectivity index (χ3v) is 3.91. The van der Waals surface area contributed by atoms with Gasteiger partial charge in [0.25, 0.3) is 0 Å². The molecule has 0 aliphatic carbocycles. The molecule has 68 valence electrons. The molecule has 0 spiro atoms. The second-order valence-electron chi connectivity index (χ2n) is 3.72. The Bertz CT molecular complexity index is 112. The Hall–Kier alpha value is 0.310. The van der Waals surface area contributed by atoms with E-state index in [1.165, 1.54) is 6.42 Å². The van der Waals surface area contributed by atoms with Crippen molar-refractivity contribution in [3.63, 3.8) is 0 Å². The molecule has 0 radical (unpaired) electrons. The number of nitrogens with two attached hydrogens (primary N) is 1. The summed E-state index contributed by atoms with van der Waals surface area (Å²) in [5.74, 6) is 0.623. The smallest absolute Gasteiger partial charge is 0.0254 e. The van der Waals surface area contributed by atoms with Crippen LogP contribution < -0.4 is 5.73 Å². The third-order valence-electron chi connectivity index (χ3n) is 2.59. The van der Waals surface area contributed by atoms with E-state index in [-0.39, 0.29) is 4.75 Å². The van der Waals surface area contributed by atoms with E-state index >= 15 is 0 Å². The second-order valence-corrected chi connectivity index (χ2v) is 5.18. The van der Waals surface area contributed by atoms with Gasteiger partial charge in [-0.05, 0) is 26.0 Å². The first-order valence-electron chi connectivity index (χ1n) is 4.26. The fourth-order valence-electron chi connectivity index (χ4n) is 1.08. The van der Waals surface area contributed by atoms with Gasteiger partial charge in [0, 0.05) is 10.8 Å². The fourth-order valence-corrected chi connectivity index (χ4v) is 1.58. The van der Waals surface area contributed by atoms with E-state index in [0.29, 0.717) is 12.0 Å². The zero-order chi connectivity index (χ0) is 9.07. The predicted octanol–water partition coefficient (Wildman–Crippen LogP) is 2.50. The summed E-state index contributed by atoms with van der Waals surface area (Å²) in [6, 6.07) is 0.308. The monoisotopic (exact) mass is 175 g/mol. The van der Waals surface area contributed by atoms with E-state index in [9.17, 15) is 0 Å². The number of thioether (sulfide) groups is 1. The normalized spacial score (nSPS) is 18.0. The SMILES string of the molecule is CCC(C)C(N)C(C)(C)SC. The van der Waals surface area contributed by atoms with Gasteiger partial charge in [0.2, 0.25) is 0 Å². The highest BCUT2D eigenvalue weighted by Gasteiger charge is 2.28. The standard InChI is InChI=1S/C9H21NS/c1-6-7(2)8(10)9(3,4)11-5/h7-8H,6,10H2,1-5H3. The van der Waals surface area contributed by atoms with Crippen molar-refractivity contribution in [2.24, 2.45) is 11.7 Å². The van der Waals surface area contributed by atoms with Crippen molar-refractivity contribution in [2.45, 2.75) is 44.9 Å². The lowest BCUT2D eigenvalue weighted by molar-refractivity contribution is 0.382. The van der Waals surface area contributed by atoms with Crippen molar-refractivity contribution in [2.75, 3.05) is 6.26 Å². The summed E-state index contributed by atoms with van der Waals surface area (Å²) in [7, 11) is 0. The van der Waals surface area contributed by atoms with Gasteiger partial charge in [0.1, 0.15) is 0 Å². The van der Waals surface area contributed by atoms with Crippen LogP contribution in [0.1, 0.15) is 34.1 Å². The van der Waals surface area contributed by atoms with Gasteiger partial charge in [-0.25, -0.2) is 0 Å². The molecule has 1 nitrogen and oxygen atoms in total. The molecule has 2 heteroatoms. The van der Waals surface area contributed by atoms with Crippen molar-refractivity contribution in [3.8, 4) is 0 Å². The van der Waals surface area contributed by atoms with Gasteiger partial charge in [-0.3, -0.25) is 0 Å². The summed E-state index contributed by atoms with van der Waals surface area (Å²) in [6.45, 7) is 8.85. The average Bonchev–Trinajstić information content (AvgIpc) is 2.01. The Kier molecular flexibility index (Phi) is 4.49. The summed E-state index contributed by atoms with van der Waals surface area (Å²) in [4.78, 5) is 0. The molecule has 0 saturated heterocycles. The quantitative estimate of drug-likeness (QED) is 0.710. The lowest BCUT2D eigenvalue weighted by atomic mass is 9.90. The van der Waals surface area contributed by atoms with Crippen molar-refractivity contribution in [1.29, 1.82) is 0 Å². The molecule has 2 N–H and O–H groups in total. The lowest BCUT2D eigenvalue weighted by Gasteiger charge is -2.33. The number of rotatable bonds is 4. The van der Waals surface area contributed by atoms with Crippen LogP contribution in [0.5, 0.6) is 0 Å². The lowest BCUT2D eigenvalue weighted by Crippen LogP contribution is -2.44. The Morgan fingerprint density at radius 2 is 1.91 bits per heavy atom. The van der Waals surface area contributed by atoms with Gasteiger partial charge in [-0.1, -0.05) is 20.3 Å². The zero-order valence-corrected chi connectivity index (χ0v) is 9.16. The molecule has 0 saturated carbocycles. The van der Waals surface area contributed by atoms with E-state index in [2.05, 4.69) is 34.0 Å². The molecule has 0 fully saturated rings. The highest BCUT2D eigenvalue weighted by molar-refractivity contribution is 8.00. The topological polar surface area (TPSA) is 26.0 Å². The molecule has 0 aromatic rings. The third kappa shape index (κ3) is 3.04. The van der Waals surface area contributed by atoms with Gasteiger partial charge < -0.3 is 5.73 Å². The molecular formula is C9H21NS. The summed E-state index contributed by atoms with van der Waals surface area (Å²) >= 11 is 1.85. The highest BCUT2D eigenvalue weighted by Crippen LogP contribution is 2.29. The van der Waals surface area contributed by atoms with Gasteiger partial charge in [0.05, 0.1) is 0 Å². The summed E-state index contributed by atoms with van der Waals surface area (Å²) < 4.78 is 0.218. The van der Waals surface area contributed by atoms with Crippen LogP contribution >= 0.6 is 11.8 Å². The van der Waals surface area contributed by atoms with Crippen LogP contribution in [0.15, 0.2) is 0 Å². The Morgan fingerprint density at radius 1 is 1.45 bits per heavy atom. The average molecular weight is 175 g/mol. The Morgan fingerprint density at radius 3 is 2.18 bits per heavy atom. The molecule has 0 bridgehead atoms. The first-order chi connectivity index (χ1) is 4.95. The molecule has 0 rings (SSSR count). The van der Waals surface area contributed by atoms with Crippen LogP contribution in [0.3, 0.4) is 0 Å². The van der Waals surface area contributed by atoms with Gasteiger partial charge in [0.15, 0.2) is 0 Å². The van der Waals surface area contributed by atoms with E-state index in [0.717, 1.165) is 0 Å². The van der Waals surface area contributed by atoms with Crippen molar-refractivity contribution < 1.29 is 0 Å².